The van der Waals surface area contributed by atoms with Crippen molar-refractivity contribution in [2.75, 3.05) is 37.4 Å². The number of rotatable bonds is 5. The number of aromatic nitrogens is 4. The lowest BCUT2D eigenvalue weighted by Gasteiger charge is -2.43. The van der Waals surface area contributed by atoms with Crippen molar-refractivity contribution in [3.63, 3.8) is 0 Å². The maximum Gasteiger partial charge on any atom is 0.416 e. The number of alkyl halides is 3. The SMILES string of the molecule is C[C@H]1CO[C@@H](c2nc(-c3ccc(C(=O)Nc4cc(C(F)(F)F)ccn4)cc3F)c3c(N)ncc(Cl)n23)CN1C1CCOCC1. The highest BCUT2D eigenvalue weighted by atomic mass is 35.5. The highest BCUT2D eigenvalue weighted by Crippen LogP contribution is 2.37. The Labute approximate surface area is 254 Å². The summed E-state index contributed by atoms with van der Waals surface area (Å²) in [5, 5.41) is 2.47. The number of imidazole rings is 1. The van der Waals surface area contributed by atoms with Gasteiger partial charge in [-0.15, -0.1) is 0 Å². The summed E-state index contributed by atoms with van der Waals surface area (Å²) >= 11 is 6.59. The molecule has 15 heteroatoms. The van der Waals surface area contributed by atoms with Crippen LogP contribution in [0.5, 0.6) is 0 Å². The standard InChI is InChI=1S/C29H28ClF4N7O3/c1-15-14-44-21(13-40(15)18-5-8-43-9-6-18)27-39-24(25-26(35)37-12-22(30)41(25)27)19-3-2-16(10-20(19)31)28(42)38-23-11-17(4-7-36-23)29(32,33)34/h2-4,7,10-12,15,18,21H,5-6,8-9,13-14H2,1H3,(H2,35,37)(H,36,38,42)/t15-,21+/m0/s1. The smallest absolute Gasteiger partial charge is 0.382 e. The second-order valence-corrected chi connectivity index (χ2v) is 11.1. The van der Waals surface area contributed by atoms with E-state index in [4.69, 9.17) is 31.8 Å². The molecular weight excluding hydrogens is 606 g/mol. The van der Waals surface area contributed by atoms with Crippen molar-refractivity contribution in [2.24, 2.45) is 0 Å². The number of ether oxygens (including phenoxy) is 2. The van der Waals surface area contributed by atoms with Crippen LogP contribution in [0.15, 0.2) is 42.7 Å². The minimum Gasteiger partial charge on any atom is -0.382 e. The predicted molar refractivity (Wildman–Crippen MR) is 154 cm³/mol. The first-order valence-corrected chi connectivity index (χ1v) is 14.3. The molecule has 4 aromatic rings. The molecule has 44 heavy (non-hydrogen) atoms. The van der Waals surface area contributed by atoms with Crippen molar-refractivity contribution in [2.45, 2.75) is 44.1 Å². The number of halogens is 5. The van der Waals surface area contributed by atoms with E-state index in [9.17, 15) is 18.0 Å². The fourth-order valence-electron chi connectivity index (χ4n) is 5.70. The molecular formula is C29H28ClF4N7O3. The number of benzene rings is 1. The van der Waals surface area contributed by atoms with Crippen LogP contribution >= 0.6 is 11.6 Å². The van der Waals surface area contributed by atoms with Crippen molar-refractivity contribution in [3.8, 4) is 11.3 Å². The van der Waals surface area contributed by atoms with Gasteiger partial charge >= 0.3 is 6.18 Å². The van der Waals surface area contributed by atoms with E-state index >= 15 is 4.39 Å². The molecule has 3 aromatic heterocycles. The number of nitrogens with one attached hydrogen (secondary N) is 1. The molecule has 2 aliphatic rings. The number of fused-ring (bicyclic) bond motifs is 1. The topological polar surface area (TPSA) is 120 Å². The molecule has 2 atom stereocenters. The van der Waals surface area contributed by atoms with Crippen LogP contribution in [0.4, 0.5) is 29.2 Å². The van der Waals surface area contributed by atoms with Gasteiger partial charge in [-0.05, 0) is 50.1 Å². The van der Waals surface area contributed by atoms with Gasteiger partial charge in [-0.2, -0.15) is 13.2 Å². The largest absolute Gasteiger partial charge is 0.416 e. The van der Waals surface area contributed by atoms with E-state index in [0.29, 0.717) is 44.3 Å². The van der Waals surface area contributed by atoms with Crippen molar-refractivity contribution in [3.05, 3.63) is 70.6 Å². The molecule has 0 bridgehead atoms. The number of nitrogens with zero attached hydrogens (tertiary/aromatic N) is 5. The van der Waals surface area contributed by atoms with E-state index in [0.717, 1.165) is 31.2 Å². The third-order valence-corrected chi connectivity index (χ3v) is 8.18. The summed E-state index contributed by atoms with van der Waals surface area (Å²) in [6.45, 7) is 4.45. The average molecular weight is 634 g/mol. The summed E-state index contributed by atoms with van der Waals surface area (Å²) < 4.78 is 68.2. The van der Waals surface area contributed by atoms with Crippen LogP contribution in [-0.2, 0) is 15.7 Å². The maximum absolute atomic E-state index is 15.7. The average Bonchev–Trinajstić information content (AvgIpc) is 3.41. The van der Waals surface area contributed by atoms with Crippen LogP contribution in [0.2, 0.25) is 5.15 Å². The summed E-state index contributed by atoms with van der Waals surface area (Å²) in [5.41, 5.74) is 5.58. The van der Waals surface area contributed by atoms with Crippen LogP contribution in [0.25, 0.3) is 16.8 Å². The second kappa shape index (κ2) is 11.9. The van der Waals surface area contributed by atoms with Gasteiger partial charge in [-0.3, -0.25) is 14.1 Å². The summed E-state index contributed by atoms with van der Waals surface area (Å²) in [6.07, 6.45) is -1.03. The van der Waals surface area contributed by atoms with Crippen molar-refractivity contribution in [1.82, 2.24) is 24.3 Å². The molecule has 2 saturated heterocycles. The number of nitrogens with two attached hydrogens (primary N) is 1. The number of carbonyl (C=O) groups excluding carboxylic acids is 1. The summed E-state index contributed by atoms with van der Waals surface area (Å²) in [4.78, 5) is 27.8. The minimum atomic E-state index is -4.62. The molecule has 0 spiro atoms. The lowest BCUT2D eigenvalue weighted by Crippen LogP contribution is -2.52. The summed E-state index contributed by atoms with van der Waals surface area (Å²) in [7, 11) is 0. The minimum absolute atomic E-state index is 0.0173. The van der Waals surface area contributed by atoms with E-state index in [1.165, 1.54) is 18.3 Å². The van der Waals surface area contributed by atoms with Crippen molar-refractivity contribution < 1.29 is 31.8 Å². The van der Waals surface area contributed by atoms with Gasteiger partial charge in [0.1, 0.15) is 45.7 Å². The third-order valence-electron chi connectivity index (χ3n) is 7.91. The molecule has 6 rings (SSSR count). The fourth-order valence-corrected chi connectivity index (χ4v) is 5.92. The van der Waals surface area contributed by atoms with Gasteiger partial charge in [-0.25, -0.2) is 19.3 Å². The fraction of sp³-hybridized carbons (Fsp3) is 0.379. The van der Waals surface area contributed by atoms with Gasteiger partial charge in [0.05, 0.1) is 18.4 Å². The van der Waals surface area contributed by atoms with E-state index in [-0.39, 0.29) is 45.2 Å². The Hall–Kier alpha value is -3.85. The van der Waals surface area contributed by atoms with Crippen LogP contribution in [0.3, 0.4) is 0 Å². The van der Waals surface area contributed by atoms with Crippen LogP contribution in [0, 0.1) is 5.82 Å². The van der Waals surface area contributed by atoms with Crippen molar-refractivity contribution >= 4 is 34.7 Å². The Morgan fingerprint density at radius 2 is 1.93 bits per heavy atom. The van der Waals surface area contributed by atoms with Gasteiger partial charge < -0.3 is 20.5 Å². The molecule has 1 amide bonds. The number of carbonyl (C=O) groups is 1. The van der Waals surface area contributed by atoms with Crippen LogP contribution in [0.1, 0.15) is 47.6 Å². The molecule has 5 heterocycles. The predicted octanol–water partition coefficient (Wildman–Crippen LogP) is 5.38. The Balaban J connectivity index is 1.33. The van der Waals surface area contributed by atoms with Gasteiger partial charge in [0, 0.05) is 49.2 Å². The molecule has 0 aliphatic carbocycles. The Kier molecular flexibility index (Phi) is 8.18. The van der Waals surface area contributed by atoms with E-state index in [2.05, 4.69) is 27.1 Å². The highest BCUT2D eigenvalue weighted by molar-refractivity contribution is 6.30. The second-order valence-electron chi connectivity index (χ2n) is 10.8. The Morgan fingerprint density at radius 3 is 2.66 bits per heavy atom. The maximum atomic E-state index is 15.7. The zero-order chi connectivity index (χ0) is 31.2. The lowest BCUT2D eigenvalue weighted by atomic mass is 10.0. The molecule has 0 unspecified atom stereocenters. The zero-order valence-electron chi connectivity index (χ0n) is 23.4. The molecule has 0 radical (unpaired) electrons. The van der Waals surface area contributed by atoms with Crippen molar-refractivity contribution in [1.29, 1.82) is 0 Å². The third kappa shape index (κ3) is 5.82. The van der Waals surface area contributed by atoms with Gasteiger partial charge in [0.15, 0.2) is 0 Å². The highest BCUT2D eigenvalue weighted by Gasteiger charge is 2.36. The van der Waals surface area contributed by atoms with Crippen LogP contribution in [-0.4, -0.2) is 68.6 Å². The lowest BCUT2D eigenvalue weighted by molar-refractivity contribution is -0.137. The monoisotopic (exact) mass is 633 g/mol. The number of pyridine rings is 1. The number of amides is 1. The summed E-state index contributed by atoms with van der Waals surface area (Å²) in [6, 6.07) is 5.59. The van der Waals surface area contributed by atoms with Gasteiger partial charge in [-0.1, -0.05) is 11.6 Å². The summed E-state index contributed by atoms with van der Waals surface area (Å²) in [5.74, 6) is -1.51. The van der Waals surface area contributed by atoms with Gasteiger partial charge in [0.25, 0.3) is 5.91 Å². The van der Waals surface area contributed by atoms with E-state index in [1.807, 2.05) is 0 Å². The number of hydrogen-bond acceptors (Lipinski definition) is 8. The molecule has 2 aliphatic heterocycles. The zero-order valence-corrected chi connectivity index (χ0v) is 24.2. The molecule has 0 saturated carbocycles. The Morgan fingerprint density at radius 1 is 1.16 bits per heavy atom. The molecule has 1 aromatic carbocycles. The van der Waals surface area contributed by atoms with Gasteiger partial charge in [0.2, 0.25) is 0 Å². The first-order chi connectivity index (χ1) is 21.0. The normalized spacial score (nSPS) is 20.2. The molecule has 232 valence electrons. The number of hydrogen-bond donors (Lipinski definition) is 2. The molecule has 2 fully saturated rings. The first-order valence-electron chi connectivity index (χ1n) is 13.9. The number of nitrogen functional groups attached to an aromatic ring is 1. The number of anilines is 2. The van der Waals surface area contributed by atoms with E-state index in [1.54, 1.807) is 4.40 Å². The van der Waals surface area contributed by atoms with E-state index < -0.39 is 29.6 Å². The number of morpholine rings is 1. The van der Waals surface area contributed by atoms with Crippen LogP contribution < -0.4 is 11.1 Å². The Bertz CT molecular complexity index is 1710. The first kappa shape index (κ1) is 30.2. The molecule has 10 nitrogen and oxygen atoms in total. The quantitative estimate of drug-likeness (QED) is 0.281. The molecule has 3 N–H and O–H groups in total.